The highest BCUT2D eigenvalue weighted by Crippen LogP contribution is 2.23. The van der Waals surface area contributed by atoms with Crippen molar-refractivity contribution in [3.05, 3.63) is 59.7 Å². The second-order valence-corrected chi connectivity index (χ2v) is 7.36. The summed E-state index contributed by atoms with van der Waals surface area (Å²) in [6, 6.07) is 15.6. The Bertz CT molecular complexity index is 794. The van der Waals surface area contributed by atoms with Crippen LogP contribution in [0.4, 0.5) is 11.4 Å². The number of nitrogens with zero attached hydrogens (tertiary/aromatic N) is 2. The van der Waals surface area contributed by atoms with Gasteiger partial charge in [-0.15, -0.1) is 0 Å². The number of carbonyl (C=O) groups excluding carboxylic acids is 2. The first-order valence-electron chi connectivity index (χ1n) is 10.0. The Hall–Kier alpha value is -2.82. The lowest BCUT2D eigenvalue weighted by Crippen LogP contribution is -2.37. The summed E-state index contributed by atoms with van der Waals surface area (Å²) in [5.41, 5.74) is 3.82. The monoisotopic (exact) mass is 379 g/mol. The van der Waals surface area contributed by atoms with E-state index in [1.54, 1.807) is 11.8 Å². The first-order valence-corrected chi connectivity index (χ1v) is 10.0. The maximum atomic E-state index is 12.2. The molecule has 0 radical (unpaired) electrons. The van der Waals surface area contributed by atoms with Gasteiger partial charge in [0.2, 0.25) is 5.91 Å². The Morgan fingerprint density at radius 2 is 1.61 bits per heavy atom. The summed E-state index contributed by atoms with van der Waals surface area (Å²) in [4.78, 5) is 28.5. The predicted octanol–water partition coefficient (Wildman–Crippen LogP) is 3.77. The highest BCUT2D eigenvalue weighted by atomic mass is 16.2. The van der Waals surface area contributed by atoms with Crippen LogP contribution in [0.2, 0.25) is 0 Å². The van der Waals surface area contributed by atoms with Crippen molar-refractivity contribution in [2.45, 2.75) is 33.1 Å². The zero-order valence-corrected chi connectivity index (χ0v) is 16.8. The normalized spacial score (nSPS) is 13.9. The summed E-state index contributed by atoms with van der Waals surface area (Å²) in [5, 5.41) is 2.90. The van der Waals surface area contributed by atoms with Crippen molar-refractivity contribution in [3.63, 3.8) is 0 Å². The molecule has 1 fully saturated rings. The molecule has 3 rings (SSSR count). The molecule has 0 unspecified atom stereocenters. The third-order valence-electron chi connectivity index (χ3n) is 5.20. The van der Waals surface area contributed by atoms with Crippen LogP contribution in [-0.2, 0) is 4.79 Å². The van der Waals surface area contributed by atoms with Crippen LogP contribution in [0.25, 0.3) is 0 Å². The van der Waals surface area contributed by atoms with E-state index in [0.29, 0.717) is 18.7 Å². The van der Waals surface area contributed by atoms with Crippen molar-refractivity contribution in [2.24, 2.45) is 0 Å². The maximum Gasteiger partial charge on any atom is 0.251 e. The van der Waals surface area contributed by atoms with Crippen molar-refractivity contribution in [2.75, 3.05) is 36.0 Å². The highest BCUT2D eigenvalue weighted by molar-refractivity contribution is 5.94. The number of hydrogen-bond acceptors (Lipinski definition) is 3. The molecule has 28 heavy (non-hydrogen) atoms. The molecule has 2 aromatic rings. The van der Waals surface area contributed by atoms with E-state index in [1.165, 1.54) is 24.9 Å². The molecule has 1 heterocycles. The Labute approximate surface area is 167 Å². The topological polar surface area (TPSA) is 52.7 Å². The second kappa shape index (κ2) is 9.40. The van der Waals surface area contributed by atoms with E-state index in [9.17, 15) is 9.59 Å². The van der Waals surface area contributed by atoms with Crippen molar-refractivity contribution in [1.82, 2.24) is 5.32 Å². The van der Waals surface area contributed by atoms with E-state index in [4.69, 9.17) is 0 Å². The smallest absolute Gasteiger partial charge is 0.251 e. The van der Waals surface area contributed by atoms with Crippen LogP contribution in [0.5, 0.6) is 0 Å². The fourth-order valence-corrected chi connectivity index (χ4v) is 3.55. The number of amides is 2. The van der Waals surface area contributed by atoms with Gasteiger partial charge in [-0.1, -0.05) is 17.7 Å². The zero-order chi connectivity index (χ0) is 19.9. The van der Waals surface area contributed by atoms with E-state index in [1.807, 2.05) is 43.3 Å². The SMILES string of the molecule is CC(=O)N(CCNC(=O)c1ccc(C)cc1)c1ccc(N2CCCCC2)cc1. The van der Waals surface area contributed by atoms with Crippen LogP contribution in [0, 0.1) is 6.92 Å². The molecule has 0 spiro atoms. The first kappa shape index (κ1) is 19.9. The molecular formula is C23H29N3O2. The van der Waals surface area contributed by atoms with Crippen molar-refractivity contribution >= 4 is 23.2 Å². The number of nitrogens with one attached hydrogen (secondary N) is 1. The Balaban J connectivity index is 1.57. The van der Waals surface area contributed by atoms with Gasteiger partial charge in [0.05, 0.1) is 0 Å². The summed E-state index contributed by atoms with van der Waals surface area (Å²) in [6.07, 6.45) is 3.78. The van der Waals surface area contributed by atoms with Crippen LogP contribution in [-0.4, -0.2) is 38.0 Å². The van der Waals surface area contributed by atoms with Crippen LogP contribution in [0.15, 0.2) is 48.5 Å². The number of carbonyl (C=O) groups is 2. The molecule has 0 aromatic heterocycles. The lowest BCUT2D eigenvalue weighted by molar-refractivity contribution is -0.116. The van der Waals surface area contributed by atoms with Gasteiger partial charge in [-0.3, -0.25) is 9.59 Å². The predicted molar refractivity (Wildman–Crippen MR) is 114 cm³/mol. The molecule has 2 amide bonds. The Morgan fingerprint density at radius 3 is 2.21 bits per heavy atom. The van der Waals surface area contributed by atoms with Gasteiger partial charge in [0.1, 0.15) is 0 Å². The molecule has 0 aliphatic carbocycles. The zero-order valence-electron chi connectivity index (χ0n) is 16.8. The molecule has 2 aromatic carbocycles. The van der Waals surface area contributed by atoms with Crippen LogP contribution in [0.3, 0.4) is 0 Å². The molecule has 5 heteroatoms. The number of piperidine rings is 1. The average molecular weight is 380 g/mol. The average Bonchev–Trinajstić information content (AvgIpc) is 2.72. The standard InChI is InChI=1S/C23H29N3O2/c1-18-6-8-20(9-7-18)23(28)24-14-17-26(19(2)27)22-12-10-21(11-13-22)25-15-4-3-5-16-25/h6-13H,3-5,14-17H2,1-2H3,(H,24,28). The Morgan fingerprint density at radius 1 is 0.964 bits per heavy atom. The van der Waals surface area contributed by atoms with Gasteiger partial charge in [-0.2, -0.15) is 0 Å². The summed E-state index contributed by atoms with van der Waals surface area (Å²) >= 11 is 0. The fourth-order valence-electron chi connectivity index (χ4n) is 3.55. The minimum atomic E-state index is -0.121. The quantitative estimate of drug-likeness (QED) is 0.831. The summed E-state index contributed by atoms with van der Waals surface area (Å²) < 4.78 is 0. The molecule has 0 saturated carbocycles. The molecule has 1 saturated heterocycles. The molecule has 148 valence electrons. The van der Waals surface area contributed by atoms with Gasteiger partial charge in [0, 0.05) is 50.0 Å². The number of aryl methyl sites for hydroxylation is 1. The molecule has 0 atom stereocenters. The van der Waals surface area contributed by atoms with Crippen LogP contribution < -0.4 is 15.1 Å². The molecule has 1 aliphatic heterocycles. The lowest BCUT2D eigenvalue weighted by atomic mass is 10.1. The highest BCUT2D eigenvalue weighted by Gasteiger charge is 2.14. The van der Waals surface area contributed by atoms with Gasteiger partial charge in [0.25, 0.3) is 5.91 Å². The Kier molecular flexibility index (Phi) is 6.69. The minimum Gasteiger partial charge on any atom is -0.372 e. The summed E-state index contributed by atoms with van der Waals surface area (Å²) in [5.74, 6) is -0.153. The molecule has 0 bridgehead atoms. The minimum absolute atomic E-state index is 0.0321. The van der Waals surface area contributed by atoms with Crippen molar-refractivity contribution in [1.29, 1.82) is 0 Å². The number of benzene rings is 2. The summed E-state index contributed by atoms with van der Waals surface area (Å²) in [7, 11) is 0. The molecule has 1 N–H and O–H groups in total. The van der Waals surface area contributed by atoms with Crippen LogP contribution in [0.1, 0.15) is 42.1 Å². The number of anilines is 2. The van der Waals surface area contributed by atoms with Gasteiger partial charge in [0.15, 0.2) is 0 Å². The van der Waals surface area contributed by atoms with E-state index < -0.39 is 0 Å². The van der Waals surface area contributed by atoms with Crippen molar-refractivity contribution < 1.29 is 9.59 Å². The molecular weight excluding hydrogens is 350 g/mol. The van der Waals surface area contributed by atoms with Crippen LogP contribution >= 0.6 is 0 Å². The third-order valence-corrected chi connectivity index (χ3v) is 5.20. The molecule has 1 aliphatic rings. The largest absolute Gasteiger partial charge is 0.372 e. The van der Waals surface area contributed by atoms with E-state index >= 15 is 0 Å². The third kappa shape index (κ3) is 5.12. The number of rotatable bonds is 6. The maximum absolute atomic E-state index is 12.2. The second-order valence-electron chi connectivity index (χ2n) is 7.36. The summed E-state index contributed by atoms with van der Waals surface area (Å²) in [6.45, 7) is 6.58. The van der Waals surface area contributed by atoms with E-state index in [2.05, 4.69) is 22.3 Å². The molecule has 5 nitrogen and oxygen atoms in total. The van der Waals surface area contributed by atoms with Crippen molar-refractivity contribution in [3.8, 4) is 0 Å². The van der Waals surface area contributed by atoms with Gasteiger partial charge in [-0.05, 0) is 62.6 Å². The van der Waals surface area contributed by atoms with Gasteiger partial charge < -0.3 is 15.1 Å². The van der Waals surface area contributed by atoms with E-state index in [-0.39, 0.29) is 11.8 Å². The lowest BCUT2D eigenvalue weighted by Gasteiger charge is -2.29. The van der Waals surface area contributed by atoms with Gasteiger partial charge >= 0.3 is 0 Å². The van der Waals surface area contributed by atoms with Gasteiger partial charge in [-0.25, -0.2) is 0 Å². The number of hydrogen-bond donors (Lipinski definition) is 1. The van der Waals surface area contributed by atoms with E-state index in [0.717, 1.165) is 24.3 Å². The first-order chi connectivity index (χ1) is 13.5. The fraction of sp³-hybridized carbons (Fsp3) is 0.391.